The molecule has 0 aliphatic heterocycles. The molecule has 0 fully saturated rings. The molecule has 1 aromatic heterocycles. The molecule has 3 rings (SSSR count). The summed E-state index contributed by atoms with van der Waals surface area (Å²) in [4.78, 5) is 12.2. The number of anilines is 1. The van der Waals surface area contributed by atoms with Crippen LogP contribution in [0.2, 0.25) is 0 Å². The summed E-state index contributed by atoms with van der Waals surface area (Å²) >= 11 is 1.38. The van der Waals surface area contributed by atoms with Gasteiger partial charge < -0.3 is 5.32 Å². The maximum absolute atomic E-state index is 12.2. The van der Waals surface area contributed by atoms with E-state index in [0.29, 0.717) is 5.75 Å². The molecule has 0 atom stereocenters. The first-order valence-electron chi connectivity index (χ1n) is 8.84. The number of nitrogens with one attached hydrogen (secondary N) is 1. The van der Waals surface area contributed by atoms with Crippen LogP contribution in [0.4, 0.5) is 5.69 Å². The average Bonchev–Trinajstić information content (AvgIpc) is 2.64. The topological polar surface area (TPSA) is 54.9 Å². The molecule has 0 saturated heterocycles. The minimum atomic E-state index is -0.0473. The van der Waals surface area contributed by atoms with E-state index in [4.69, 9.17) is 0 Å². The van der Waals surface area contributed by atoms with Crippen molar-refractivity contribution < 1.29 is 4.79 Å². The number of thioether (sulfide) groups is 1. The SMILES string of the molecule is Cc1ccc(-c2ccc(SCC(=O)Nc3cccc(C)c3C)nn2)c(C)c1. The molecule has 0 saturated carbocycles. The number of carbonyl (C=O) groups excluding carboxylic acids is 1. The average molecular weight is 378 g/mol. The predicted molar refractivity (Wildman–Crippen MR) is 112 cm³/mol. The lowest BCUT2D eigenvalue weighted by molar-refractivity contribution is -0.113. The zero-order valence-corrected chi connectivity index (χ0v) is 16.9. The molecule has 138 valence electrons. The molecule has 27 heavy (non-hydrogen) atoms. The summed E-state index contributed by atoms with van der Waals surface area (Å²) in [5, 5.41) is 12.3. The molecular formula is C22H23N3OS. The van der Waals surface area contributed by atoms with Crippen LogP contribution in [0.3, 0.4) is 0 Å². The number of aromatic nitrogens is 2. The molecule has 0 unspecified atom stereocenters. The lowest BCUT2D eigenvalue weighted by atomic mass is 10.0. The Morgan fingerprint density at radius 1 is 0.963 bits per heavy atom. The smallest absolute Gasteiger partial charge is 0.234 e. The Labute approximate surface area is 164 Å². The number of hydrogen-bond donors (Lipinski definition) is 1. The Morgan fingerprint density at radius 3 is 2.48 bits per heavy atom. The normalized spacial score (nSPS) is 10.7. The van der Waals surface area contributed by atoms with E-state index in [2.05, 4.69) is 47.6 Å². The van der Waals surface area contributed by atoms with Gasteiger partial charge in [0.1, 0.15) is 5.03 Å². The van der Waals surface area contributed by atoms with Crippen molar-refractivity contribution in [3.8, 4) is 11.3 Å². The summed E-state index contributed by atoms with van der Waals surface area (Å²) in [6.45, 7) is 8.19. The third kappa shape index (κ3) is 4.74. The van der Waals surface area contributed by atoms with Gasteiger partial charge in [-0.25, -0.2) is 0 Å². The number of benzene rings is 2. The zero-order chi connectivity index (χ0) is 19.4. The molecule has 0 spiro atoms. The molecule has 5 heteroatoms. The lowest BCUT2D eigenvalue weighted by Gasteiger charge is -2.10. The van der Waals surface area contributed by atoms with Crippen molar-refractivity contribution in [2.75, 3.05) is 11.1 Å². The predicted octanol–water partition coefficient (Wildman–Crippen LogP) is 5.11. The van der Waals surface area contributed by atoms with Crippen LogP contribution in [0, 0.1) is 27.7 Å². The van der Waals surface area contributed by atoms with Crippen molar-refractivity contribution in [2.45, 2.75) is 32.7 Å². The van der Waals surface area contributed by atoms with Gasteiger partial charge in [-0.3, -0.25) is 4.79 Å². The highest BCUT2D eigenvalue weighted by molar-refractivity contribution is 7.99. The minimum absolute atomic E-state index is 0.0473. The molecule has 0 bridgehead atoms. The van der Waals surface area contributed by atoms with Crippen LogP contribution in [0.5, 0.6) is 0 Å². The van der Waals surface area contributed by atoms with E-state index in [9.17, 15) is 4.79 Å². The first-order chi connectivity index (χ1) is 12.9. The maximum atomic E-state index is 12.2. The Kier molecular flexibility index (Phi) is 5.91. The zero-order valence-electron chi connectivity index (χ0n) is 16.0. The van der Waals surface area contributed by atoms with Crippen molar-refractivity contribution in [3.05, 3.63) is 70.8 Å². The van der Waals surface area contributed by atoms with Crippen molar-refractivity contribution in [2.24, 2.45) is 0 Å². The van der Waals surface area contributed by atoms with Gasteiger partial charge in [0.05, 0.1) is 11.4 Å². The summed E-state index contributed by atoms with van der Waals surface area (Å²) in [6, 6.07) is 16.0. The molecule has 2 aromatic carbocycles. The Bertz CT molecular complexity index is 968. The van der Waals surface area contributed by atoms with Crippen molar-refractivity contribution >= 4 is 23.4 Å². The molecule has 0 aliphatic carbocycles. The lowest BCUT2D eigenvalue weighted by Crippen LogP contribution is -2.15. The third-order valence-corrected chi connectivity index (χ3v) is 5.45. The quantitative estimate of drug-likeness (QED) is 0.628. The van der Waals surface area contributed by atoms with E-state index in [-0.39, 0.29) is 5.91 Å². The number of hydrogen-bond acceptors (Lipinski definition) is 4. The highest BCUT2D eigenvalue weighted by atomic mass is 32.2. The van der Waals surface area contributed by atoms with Crippen LogP contribution >= 0.6 is 11.8 Å². The second kappa shape index (κ2) is 8.35. The Hall–Kier alpha value is -2.66. The van der Waals surface area contributed by atoms with Gasteiger partial charge in [-0.1, -0.05) is 47.7 Å². The van der Waals surface area contributed by atoms with Gasteiger partial charge in [0, 0.05) is 11.3 Å². The second-order valence-corrected chi connectivity index (χ2v) is 7.66. The van der Waals surface area contributed by atoms with Crippen LogP contribution in [0.15, 0.2) is 53.6 Å². The van der Waals surface area contributed by atoms with Gasteiger partial charge in [0.15, 0.2) is 0 Å². The largest absolute Gasteiger partial charge is 0.325 e. The number of aryl methyl sites for hydroxylation is 3. The van der Waals surface area contributed by atoms with E-state index in [1.165, 1.54) is 22.9 Å². The fourth-order valence-electron chi connectivity index (χ4n) is 2.85. The van der Waals surface area contributed by atoms with Crippen molar-refractivity contribution in [3.63, 3.8) is 0 Å². The highest BCUT2D eigenvalue weighted by Gasteiger charge is 2.09. The monoisotopic (exact) mass is 377 g/mol. The van der Waals surface area contributed by atoms with E-state index < -0.39 is 0 Å². The molecule has 0 aliphatic rings. The van der Waals surface area contributed by atoms with E-state index in [1.54, 1.807) is 0 Å². The summed E-state index contributed by atoms with van der Waals surface area (Å²) < 4.78 is 0. The molecular weight excluding hydrogens is 354 g/mol. The number of amides is 1. The molecule has 1 amide bonds. The standard InChI is InChI=1S/C22H23N3OS/c1-14-8-9-18(16(3)12-14)20-10-11-22(25-24-20)27-13-21(26)23-19-7-5-6-15(2)17(19)4/h5-12H,13H2,1-4H3,(H,23,26). The minimum Gasteiger partial charge on any atom is -0.325 e. The summed E-state index contributed by atoms with van der Waals surface area (Å²) in [6.07, 6.45) is 0. The van der Waals surface area contributed by atoms with Crippen LogP contribution in [0.25, 0.3) is 11.3 Å². The van der Waals surface area contributed by atoms with Gasteiger partial charge in [-0.2, -0.15) is 0 Å². The molecule has 4 nitrogen and oxygen atoms in total. The van der Waals surface area contributed by atoms with Crippen LogP contribution in [0.1, 0.15) is 22.3 Å². The first-order valence-corrected chi connectivity index (χ1v) is 9.83. The second-order valence-electron chi connectivity index (χ2n) is 6.66. The molecule has 0 radical (unpaired) electrons. The third-order valence-electron chi connectivity index (χ3n) is 4.53. The van der Waals surface area contributed by atoms with Gasteiger partial charge in [0.25, 0.3) is 0 Å². The Balaban J connectivity index is 1.61. The van der Waals surface area contributed by atoms with Crippen LogP contribution in [-0.2, 0) is 4.79 Å². The van der Waals surface area contributed by atoms with Crippen LogP contribution in [-0.4, -0.2) is 21.9 Å². The highest BCUT2D eigenvalue weighted by Crippen LogP contribution is 2.24. The van der Waals surface area contributed by atoms with Gasteiger partial charge >= 0.3 is 0 Å². The fourth-order valence-corrected chi connectivity index (χ4v) is 3.47. The molecule has 3 aromatic rings. The summed E-state index contributed by atoms with van der Waals surface area (Å²) in [7, 11) is 0. The number of rotatable bonds is 5. The fraction of sp³-hybridized carbons (Fsp3) is 0.227. The van der Waals surface area contributed by atoms with Gasteiger partial charge in [0.2, 0.25) is 5.91 Å². The van der Waals surface area contributed by atoms with E-state index in [1.807, 2.05) is 44.2 Å². The summed E-state index contributed by atoms with van der Waals surface area (Å²) in [5.74, 6) is 0.249. The van der Waals surface area contributed by atoms with Gasteiger partial charge in [-0.05, 0) is 62.6 Å². The summed E-state index contributed by atoms with van der Waals surface area (Å²) in [5.41, 5.74) is 7.44. The van der Waals surface area contributed by atoms with Gasteiger partial charge in [-0.15, -0.1) is 10.2 Å². The van der Waals surface area contributed by atoms with E-state index >= 15 is 0 Å². The molecule has 1 N–H and O–H groups in total. The van der Waals surface area contributed by atoms with Crippen molar-refractivity contribution in [1.82, 2.24) is 10.2 Å². The Morgan fingerprint density at radius 2 is 1.78 bits per heavy atom. The van der Waals surface area contributed by atoms with Crippen LogP contribution < -0.4 is 5.32 Å². The maximum Gasteiger partial charge on any atom is 0.234 e. The van der Waals surface area contributed by atoms with Crippen molar-refractivity contribution in [1.29, 1.82) is 0 Å². The first kappa shape index (κ1) is 19.1. The number of nitrogens with zero attached hydrogens (tertiary/aromatic N) is 2. The van der Waals surface area contributed by atoms with E-state index in [0.717, 1.165) is 33.1 Å². The number of carbonyl (C=O) groups is 1. The molecule has 1 heterocycles.